The Morgan fingerprint density at radius 3 is 2.88 bits per heavy atom. The molecular formula is C18H22N4O2S. The standard InChI is InChI=1S/C18H22N4O2S/c1-12(2)8-9-25-18-19-14-6-4-5-7-15(14)22(18)11-17(23)20-16-10-13(3)24-21-16/h4-7,10,12H,8-9,11H2,1-3H3,(H,20,21,23). The van der Waals surface area contributed by atoms with Crippen LogP contribution in [-0.2, 0) is 11.3 Å². The maximum absolute atomic E-state index is 12.4. The summed E-state index contributed by atoms with van der Waals surface area (Å²) in [6, 6.07) is 9.57. The minimum atomic E-state index is -0.151. The van der Waals surface area contributed by atoms with E-state index in [2.05, 4.69) is 29.3 Å². The molecule has 0 atom stereocenters. The van der Waals surface area contributed by atoms with Gasteiger partial charge in [-0.2, -0.15) is 0 Å². The Bertz CT molecular complexity index is 869. The number of hydrogen-bond acceptors (Lipinski definition) is 5. The fourth-order valence-corrected chi connectivity index (χ4v) is 3.71. The first-order valence-electron chi connectivity index (χ1n) is 8.34. The number of para-hydroxylation sites is 2. The average molecular weight is 358 g/mol. The molecular weight excluding hydrogens is 336 g/mol. The molecule has 0 aliphatic heterocycles. The van der Waals surface area contributed by atoms with Gasteiger partial charge in [0.05, 0.1) is 11.0 Å². The molecule has 1 amide bonds. The number of nitrogens with one attached hydrogen (secondary N) is 1. The van der Waals surface area contributed by atoms with Crippen LogP contribution in [0.4, 0.5) is 5.82 Å². The van der Waals surface area contributed by atoms with Crippen molar-refractivity contribution in [3.05, 3.63) is 36.1 Å². The number of anilines is 1. The highest BCUT2D eigenvalue weighted by Gasteiger charge is 2.15. The summed E-state index contributed by atoms with van der Waals surface area (Å²) in [4.78, 5) is 17.1. The molecule has 0 fully saturated rings. The lowest BCUT2D eigenvalue weighted by Gasteiger charge is -2.09. The second-order valence-electron chi connectivity index (χ2n) is 6.37. The first-order chi connectivity index (χ1) is 12.0. The minimum Gasteiger partial charge on any atom is -0.360 e. The van der Waals surface area contributed by atoms with Gasteiger partial charge in [-0.1, -0.05) is 42.9 Å². The Labute approximate surface area is 151 Å². The zero-order chi connectivity index (χ0) is 17.8. The summed E-state index contributed by atoms with van der Waals surface area (Å²) in [6.07, 6.45) is 1.11. The zero-order valence-corrected chi connectivity index (χ0v) is 15.5. The van der Waals surface area contributed by atoms with Gasteiger partial charge in [0.2, 0.25) is 5.91 Å². The molecule has 2 heterocycles. The first-order valence-corrected chi connectivity index (χ1v) is 9.32. The summed E-state index contributed by atoms with van der Waals surface area (Å²) in [5, 5.41) is 7.44. The van der Waals surface area contributed by atoms with Gasteiger partial charge in [0.15, 0.2) is 11.0 Å². The fourth-order valence-electron chi connectivity index (χ4n) is 2.45. The van der Waals surface area contributed by atoms with E-state index >= 15 is 0 Å². The third-order valence-electron chi connectivity index (χ3n) is 3.74. The number of rotatable bonds is 7. The van der Waals surface area contributed by atoms with E-state index in [4.69, 9.17) is 4.52 Å². The number of fused-ring (bicyclic) bond motifs is 1. The highest BCUT2D eigenvalue weighted by molar-refractivity contribution is 7.99. The van der Waals surface area contributed by atoms with Gasteiger partial charge < -0.3 is 14.4 Å². The van der Waals surface area contributed by atoms with Crippen LogP contribution in [0.5, 0.6) is 0 Å². The predicted octanol–water partition coefficient (Wildman–Crippen LogP) is 4.11. The van der Waals surface area contributed by atoms with E-state index in [9.17, 15) is 4.79 Å². The van der Waals surface area contributed by atoms with Crippen molar-refractivity contribution in [3.8, 4) is 0 Å². The number of benzene rings is 1. The van der Waals surface area contributed by atoms with E-state index in [-0.39, 0.29) is 12.5 Å². The monoisotopic (exact) mass is 358 g/mol. The Morgan fingerprint density at radius 1 is 1.36 bits per heavy atom. The van der Waals surface area contributed by atoms with Crippen LogP contribution in [0.1, 0.15) is 26.0 Å². The number of carbonyl (C=O) groups excluding carboxylic acids is 1. The molecule has 3 rings (SSSR count). The molecule has 0 radical (unpaired) electrons. The van der Waals surface area contributed by atoms with Crippen LogP contribution in [0.3, 0.4) is 0 Å². The highest BCUT2D eigenvalue weighted by atomic mass is 32.2. The van der Waals surface area contributed by atoms with E-state index in [0.717, 1.165) is 28.4 Å². The van der Waals surface area contributed by atoms with Crippen LogP contribution in [0.15, 0.2) is 40.0 Å². The molecule has 2 aromatic heterocycles. The lowest BCUT2D eigenvalue weighted by Crippen LogP contribution is -2.19. The zero-order valence-electron chi connectivity index (χ0n) is 14.7. The molecule has 0 unspecified atom stereocenters. The van der Waals surface area contributed by atoms with Crippen LogP contribution in [0.2, 0.25) is 0 Å². The third-order valence-corrected chi connectivity index (χ3v) is 4.75. The molecule has 0 saturated heterocycles. The lowest BCUT2D eigenvalue weighted by molar-refractivity contribution is -0.116. The number of hydrogen-bond donors (Lipinski definition) is 1. The maximum Gasteiger partial charge on any atom is 0.245 e. The molecule has 7 heteroatoms. The van der Waals surface area contributed by atoms with E-state index < -0.39 is 0 Å². The van der Waals surface area contributed by atoms with Crippen LogP contribution < -0.4 is 5.32 Å². The number of nitrogens with zero attached hydrogens (tertiary/aromatic N) is 3. The third kappa shape index (κ3) is 4.42. The van der Waals surface area contributed by atoms with Crippen LogP contribution in [0, 0.1) is 12.8 Å². The SMILES string of the molecule is Cc1cc(NC(=O)Cn2c(SCCC(C)C)nc3ccccc32)no1. The molecule has 0 saturated carbocycles. The molecule has 132 valence electrons. The normalized spacial score (nSPS) is 11.4. The first kappa shape index (κ1) is 17.5. The number of thioether (sulfide) groups is 1. The molecule has 0 aliphatic carbocycles. The van der Waals surface area contributed by atoms with Crippen molar-refractivity contribution in [2.24, 2.45) is 5.92 Å². The summed E-state index contributed by atoms with van der Waals surface area (Å²) in [5.41, 5.74) is 1.86. The van der Waals surface area contributed by atoms with Crippen molar-refractivity contribution < 1.29 is 9.32 Å². The van der Waals surface area contributed by atoms with Crippen molar-refractivity contribution in [3.63, 3.8) is 0 Å². The molecule has 25 heavy (non-hydrogen) atoms. The maximum atomic E-state index is 12.4. The van der Waals surface area contributed by atoms with E-state index in [1.54, 1.807) is 24.8 Å². The smallest absolute Gasteiger partial charge is 0.245 e. The van der Waals surface area contributed by atoms with Gasteiger partial charge in [0, 0.05) is 11.8 Å². The molecule has 1 aromatic carbocycles. The van der Waals surface area contributed by atoms with Crippen LogP contribution >= 0.6 is 11.8 Å². The second-order valence-corrected chi connectivity index (χ2v) is 7.43. The summed E-state index contributed by atoms with van der Waals surface area (Å²) in [5.74, 6) is 2.56. The number of aromatic nitrogens is 3. The Kier molecular flexibility index (Phi) is 5.43. The Hall–Kier alpha value is -2.28. The highest BCUT2D eigenvalue weighted by Crippen LogP contribution is 2.25. The van der Waals surface area contributed by atoms with Crippen molar-refractivity contribution in [1.82, 2.24) is 14.7 Å². The van der Waals surface area contributed by atoms with Gasteiger partial charge in [0.25, 0.3) is 0 Å². The van der Waals surface area contributed by atoms with Gasteiger partial charge in [0.1, 0.15) is 12.3 Å². The molecule has 0 bridgehead atoms. The summed E-state index contributed by atoms with van der Waals surface area (Å²) >= 11 is 1.69. The quantitative estimate of drug-likeness (QED) is 0.644. The number of carbonyl (C=O) groups is 1. The molecule has 6 nitrogen and oxygen atoms in total. The number of amides is 1. The molecule has 0 aliphatic rings. The van der Waals surface area contributed by atoms with Crippen LogP contribution in [0.25, 0.3) is 11.0 Å². The summed E-state index contributed by atoms with van der Waals surface area (Å²) in [7, 11) is 0. The van der Waals surface area contributed by atoms with Crippen molar-refractivity contribution in [2.75, 3.05) is 11.1 Å². The molecule has 3 aromatic rings. The van der Waals surface area contributed by atoms with Gasteiger partial charge in [-0.3, -0.25) is 4.79 Å². The number of aryl methyl sites for hydroxylation is 1. The summed E-state index contributed by atoms with van der Waals surface area (Å²) in [6.45, 7) is 6.39. The van der Waals surface area contributed by atoms with Gasteiger partial charge in [-0.25, -0.2) is 4.98 Å². The van der Waals surface area contributed by atoms with E-state index in [1.807, 2.05) is 28.8 Å². The van der Waals surface area contributed by atoms with E-state index in [0.29, 0.717) is 17.5 Å². The van der Waals surface area contributed by atoms with Crippen molar-refractivity contribution in [1.29, 1.82) is 0 Å². The van der Waals surface area contributed by atoms with Crippen molar-refractivity contribution in [2.45, 2.75) is 38.9 Å². The Balaban J connectivity index is 1.79. The van der Waals surface area contributed by atoms with Crippen molar-refractivity contribution >= 4 is 34.5 Å². The largest absolute Gasteiger partial charge is 0.360 e. The average Bonchev–Trinajstić information content (AvgIpc) is 3.11. The van der Waals surface area contributed by atoms with Gasteiger partial charge in [-0.15, -0.1) is 0 Å². The topological polar surface area (TPSA) is 73.0 Å². The van der Waals surface area contributed by atoms with Gasteiger partial charge >= 0.3 is 0 Å². The minimum absolute atomic E-state index is 0.151. The summed E-state index contributed by atoms with van der Waals surface area (Å²) < 4.78 is 6.94. The van der Waals surface area contributed by atoms with E-state index in [1.165, 1.54) is 0 Å². The Morgan fingerprint density at radius 2 is 2.16 bits per heavy atom. The van der Waals surface area contributed by atoms with Gasteiger partial charge in [-0.05, 0) is 31.4 Å². The predicted molar refractivity (Wildman–Crippen MR) is 99.8 cm³/mol. The molecule has 0 spiro atoms. The molecule has 1 N–H and O–H groups in total. The fraction of sp³-hybridized carbons (Fsp3) is 0.389. The van der Waals surface area contributed by atoms with Crippen LogP contribution in [-0.4, -0.2) is 26.4 Å². The lowest BCUT2D eigenvalue weighted by atomic mass is 10.2. The second kappa shape index (κ2) is 7.74. The number of imidazole rings is 1.